The molecule has 86 valence electrons. The van der Waals surface area contributed by atoms with E-state index in [0.717, 1.165) is 18.4 Å². The van der Waals surface area contributed by atoms with Gasteiger partial charge in [-0.3, -0.25) is 4.79 Å². The summed E-state index contributed by atoms with van der Waals surface area (Å²) in [6.07, 6.45) is 2.04. The third-order valence-corrected chi connectivity index (χ3v) is 4.07. The van der Waals surface area contributed by atoms with Gasteiger partial charge >= 0.3 is 5.97 Å². The summed E-state index contributed by atoms with van der Waals surface area (Å²) >= 11 is 2.19. The molecule has 0 spiro atoms. The highest BCUT2D eigenvalue weighted by Gasteiger charge is 2.38. The van der Waals surface area contributed by atoms with E-state index in [1.54, 1.807) is 6.07 Å². The molecular formula is C12H12FIO2. The number of esters is 1. The van der Waals surface area contributed by atoms with Crippen molar-refractivity contribution in [1.82, 2.24) is 0 Å². The van der Waals surface area contributed by atoms with Gasteiger partial charge in [0, 0.05) is 10.8 Å². The van der Waals surface area contributed by atoms with Crippen molar-refractivity contribution in [2.24, 2.45) is 0 Å². The van der Waals surface area contributed by atoms with Gasteiger partial charge in [-0.25, -0.2) is 4.39 Å². The standard InChI is InChI=1S/C12H12FIO2/c13-10-4-1-3-9(7-10)12(8-14)6-2-5-11(15)16-12/h1,3-4,7H,2,5-6,8H2/t12-/m0/s1. The number of ether oxygens (including phenoxy) is 1. The summed E-state index contributed by atoms with van der Waals surface area (Å²) in [4.78, 5) is 11.4. The SMILES string of the molecule is O=C1CCC[C@](CI)(c2cccc(F)c2)O1. The maximum atomic E-state index is 13.2. The first-order chi connectivity index (χ1) is 7.66. The van der Waals surface area contributed by atoms with Crippen LogP contribution < -0.4 is 0 Å². The molecule has 1 aromatic rings. The molecule has 0 radical (unpaired) electrons. The van der Waals surface area contributed by atoms with E-state index in [-0.39, 0.29) is 11.8 Å². The molecule has 1 aliphatic heterocycles. The molecular weight excluding hydrogens is 322 g/mol. The van der Waals surface area contributed by atoms with E-state index in [9.17, 15) is 9.18 Å². The minimum absolute atomic E-state index is 0.188. The Morgan fingerprint density at radius 1 is 1.50 bits per heavy atom. The van der Waals surface area contributed by atoms with E-state index in [0.29, 0.717) is 10.8 Å². The Bertz CT molecular complexity index is 408. The van der Waals surface area contributed by atoms with E-state index in [1.807, 2.05) is 6.07 Å². The van der Waals surface area contributed by atoms with Crippen molar-refractivity contribution in [3.05, 3.63) is 35.6 Å². The number of hydrogen-bond acceptors (Lipinski definition) is 2. The molecule has 0 N–H and O–H groups in total. The van der Waals surface area contributed by atoms with Gasteiger partial charge in [-0.2, -0.15) is 0 Å². The maximum Gasteiger partial charge on any atom is 0.306 e. The molecule has 1 heterocycles. The molecule has 0 amide bonds. The Morgan fingerprint density at radius 2 is 2.31 bits per heavy atom. The largest absolute Gasteiger partial charge is 0.453 e. The van der Waals surface area contributed by atoms with Crippen LogP contribution in [0.1, 0.15) is 24.8 Å². The molecule has 1 saturated heterocycles. The third-order valence-electron chi connectivity index (χ3n) is 2.84. The molecule has 1 fully saturated rings. The number of rotatable bonds is 2. The molecule has 1 atom stereocenters. The molecule has 0 aliphatic carbocycles. The number of halogens is 2. The van der Waals surface area contributed by atoms with Crippen LogP contribution in [0.15, 0.2) is 24.3 Å². The van der Waals surface area contributed by atoms with Crippen molar-refractivity contribution < 1.29 is 13.9 Å². The Balaban J connectivity index is 2.37. The van der Waals surface area contributed by atoms with E-state index < -0.39 is 5.60 Å². The topological polar surface area (TPSA) is 26.3 Å². The molecule has 0 aromatic heterocycles. The summed E-state index contributed by atoms with van der Waals surface area (Å²) in [7, 11) is 0. The van der Waals surface area contributed by atoms with Crippen molar-refractivity contribution in [2.45, 2.75) is 24.9 Å². The quantitative estimate of drug-likeness (QED) is 0.472. The fourth-order valence-corrected chi connectivity index (χ4v) is 2.96. The summed E-state index contributed by atoms with van der Waals surface area (Å²) in [6.45, 7) is 0. The van der Waals surface area contributed by atoms with Crippen molar-refractivity contribution >= 4 is 28.6 Å². The lowest BCUT2D eigenvalue weighted by Gasteiger charge is -2.35. The average molecular weight is 334 g/mol. The highest BCUT2D eigenvalue weighted by molar-refractivity contribution is 14.1. The summed E-state index contributed by atoms with van der Waals surface area (Å²) in [6, 6.07) is 6.33. The van der Waals surface area contributed by atoms with Crippen LogP contribution in [0.3, 0.4) is 0 Å². The number of cyclic esters (lactones) is 1. The van der Waals surface area contributed by atoms with Gasteiger partial charge in [0.2, 0.25) is 0 Å². The van der Waals surface area contributed by atoms with Gasteiger partial charge in [0.1, 0.15) is 11.4 Å². The van der Waals surface area contributed by atoms with Crippen LogP contribution in [0.4, 0.5) is 4.39 Å². The Morgan fingerprint density at radius 3 is 2.94 bits per heavy atom. The molecule has 4 heteroatoms. The smallest absolute Gasteiger partial charge is 0.306 e. The second-order valence-electron chi connectivity index (χ2n) is 3.97. The van der Waals surface area contributed by atoms with E-state index >= 15 is 0 Å². The van der Waals surface area contributed by atoms with Crippen molar-refractivity contribution in [2.75, 3.05) is 4.43 Å². The zero-order valence-corrected chi connectivity index (χ0v) is 10.9. The first-order valence-electron chi connectivity index (χ1n) is 5.20. The predicted octanol–water partition coefficient (Wildman–Crippen LogP) is 3.18. The van der Waals surface area contributed by atoms with Gasteiger partial charge in [0.05, 0.1) is 0 Å². The number of carbonyl (C=O) groups excluding carboxylic acids is 1. The normalized spacial score (nSPS) is 25.2. The molecule has 0 bridgehead atoms. The second kappa shape index (κ2) is 4.69. The minimum Gasteiger partial charge on any atom is -0.453 e. The maximum absolute atomic E-state index is 13.2. The zero-order chi connectivity index (χ0) is 11.6. The van der Waals surface area contributed by atoms with Crippen LogP contribution in [-0.4, -0.2) is 10.4 Å². The number of alkyl halides is 1. The fraction of sp³-hybridized carbons (Fsp3) is 0.417. The van der Waals surface area contributed by atoms with E-state index in [2.05, 4.69) is 22.6 Å². The van der Waals surface area contributed by atoms with Gasteiger partial charge < -0.3 is 4.74 Å². The Hall–Kier alpha value is -0.650. The van der Waals surface area contributed by atoms with Crippen LogP contribution in [0, 0.1) is 5.82 Å². The Labute approximate surface area is 107 Å². The summed E-state index contributed by atoms with van der Waals surface area (Å²) in [5, 5.41) is 0. The van der Waals surface area contributed by atoms with E-state index in [1.165, 1.54) is 12.1 Å². The summed E-state index contributed by atoms with van der Waals surface area (Å²) in [5.74, 6) is -0.476. The van der Waals surface area contributed by atoms with Gasteiger partial charge in [0.15, 0.2) is 0 Å². The first kappa shape index (κ1) is 11.8. The summed E-state index contributed by atoms with van der Waals surface area (Å²) in [5.41, 5.74) is 0.132. The molecule has 16 heavy (non-hydrogen) atoms. The van der Waals surface area contributed by atoms with Gasteiger partial charge in [-0.1, -0.05) is 34.7 Å². The number of benzene rings is 1. The van der Waals surface area contributed by atoms with Crippen molar-refractivity contribution in [3.63, 3.8) is 0 Å². The predicted molar refractivity (Wildman–Crippen MR) is 66.9 cm³/mol. The first-order valence-corrected chi connectivity index (χ1v) is 6.73. The lowest BCUT2D eigenvalue weighted by molar-refractivity contribution is -0.165. The molecule has 2 nitrogen and oxygen atoms in total. The third kappa shape index (κ3) is 2.21. The second-order valence-corrected chi connectivity index (χ2v) is 4.73. The van der Waals surface area contributed by atoms with Crippen LogP contribution in [0.5, 0.6) is 0 Å². The van der Waals surface area contributed by atoms with Crippen LogP contribution in [0.25, 0.3) is 0 Å². The minimum atomic E-state index is -0.627. The number of hydrogen-bond donors (Lipinski definition) is 0. The zero-order valence-electron chi connectivity index (χ0n) is 8.71. The lowest BCUT2D eigenvalue weighted by atomic mass is 9.88. The van der Waals surface area contributed by atoms with Gasteiger partial charge in [-0.15, -0.1) is 0 Å². The van der Waals surface area contributed by atoms with Gasteiger partial charge in [0.25, 0.3) is 0 Å². The average Bonchev–Trinajstić information content (AvgIpc) is 2.29. The Kier molecular flexibility index (Phi) is 3.47. The molecule has 0 unspecified atom stereocenters. The monoisotopic (exact) mass is 334 g/mol. The molecule has 0 saturated carbocycles. The molecule has 1 aliphatic rings. The fourth-order valence-electron chi connectivity index (χ4n) is 1.98. The highest BCUT2D eigenvalue weighted by atomic mass is 127. The molecule has 1 aromatic carbocycles. The molecule has 2 rings (SSSR count). The summed E-state index contributed by atoms with van der Waals surface area (Å²) < 4.78 is 19.3. The number of carbonyl (C=O) groups is 1. The van der Waals surface area contributed by atoms with Crippen LogP contribution in [0.2, 0.25) is 0 Å². The highest BCUT2D eigenvalue weighted by Crippen LogP contribution is 2.37. The van der Waals surface area contributed by atoms with Crippen molar-refractivity contribution in [3.8, 4) is 0 Å². The van der Waals surface area contributed by atoms with Crippen LogP contribution in [-0.2, 0) is 15.1 Å². The van der Waals surface area contributed by atoms with Crippen LogP contribution >= 0.6 is 22.6 Å². The van der Waals surface area contributed by atoms with Gasteiger partial charge in [-0.05, 0) is 30.5 Å². The lowest BCUT2D eigenvalue weighted by Crippen LogP contribution is -2.37. The van der Waals surface area contributed by atoms with E-state index in [4.69, 9.17) is 4.74 Å². The van der Waals surface area contributed by atoms with Crippen molar-refractivity contribution in [1.29, 1.82) is 0 Å².